The predicted octanol–water partition coefficient (Wildman–Crippen LogP) is 1.74. The molecule has 0 saturated heterocycles. The van der Waals surface area contributed by atoms with E-state index < -0.39 is 0 Å². The van der Waals surface area contributed by atoms with Crippen molar-refractivity contribution in [2.45, 2.75) is 33.1 Å². The van der Waals surface area contributed by atoms with Gasteiger partial charge in [0.05, 0.1) is 7.11 Å². The molecule has 0 amide bonds. The molecule has 86 valence electrons. The summed E-state index contributed by atoms with van der Waals surface area (Å²) in [4.78, 5) is 8.68. The SMILES string of the molecule is COc1ncc(C)c2nc(C(C)(C)C)nn12. The second kappa shape index (κ2) is 3.43. The summed E-state index contributed by atoms with van der Waals surface area (Å²) >= 11 is 0. The van der Waals surface area contributed by atoms with Crippen LogP contribution in [0.3, 0.4) is 0 Å². The minimum Gasteiger partial charge on any atom is -0.467 e. The molecule has 2 aromatic rings. The molecule has 5 heteroatoms. The Balaban J connectivity index is 2.73. The van der Waals surface area contributed by atoms with E-state index in [2.05, 4.69) is 35.8 Å². The van der Waals surface area contributed by atoms with Crippen molar-refractivity contribution in [2.24, 2.45) is 0 Å². The molecule has 0 atom stereocenters. The highest BCUT2D eigenvalue weighted by molar-refractivity contribution is 5.46. The van der Waals surface area contributed by atoms with Gasteiger partial charge in [-0.15, -0.1) is 5.10 Å². The Hall–Kier alpha value is -1.65. The summed E-state index contributed by atoms with van der Waals surface area (Å²) in [5, 5.41) is 4.43. The number of ether oxygens (including phenoxy) is 1. The van der Waals surface area contributed by atoms with Crippen LogP contribution in [-0.4, -0.2) is 26.7 Å². The summed E-state index contributed by atoms with van der Waals surface area (Å²) in [6, 6.07) is 0.462. The van der Waals surface area contributed by atoms with Crippen LogP contribution in [0, 0.1) is 6.92 Å². The summed E-state index contributed by atoms with van der Waals surface area (Å²) < 4.78 is 6.81. The number of aryl methyl sites for hydroxylation is 1. The molecule has 0 aromatic carbocycles. The van der Waals surface area contributed by atoms with Gasteiger partial charge in [0.1, 0.15) is 0 Å². The van der Waals surface area contributed by atoms with E-state index in [1.54, 1.807) is 17.8 Å². The van der Waals surface area contributed by atoms with Gasteiger partial charge in [-0.3, -0.25) is 0 Å². The first kappa shape index (κ1) is 10.9. The van der Waals surface area contributed by atoms with Gasteiger partial charge in [-0.25, -0.2) is 9.97 Å². The number of nitrogens with zero attached hydrogens (tertiary/aromatic N) is 4. The molecule has 2 rings (SSSR count). The molecule has 0 radical (unpaired) electrons. The van der Waals surface area contributed by atoms with Gasteiger partial charge in [0, 0.05) is 17.2 Å². The van der Waals surface area contributed by atoms with Gasteiger partial charge in [-0.2, -0.15) is 4.52 Å². The standard InChI is InChI=1S/C11H16N4O/c1-7-6-12-10(16-5)15-8(7)13-9(14-15)11(2,3)4/h6H,1-5H3. The van der Waals surface area contributed by atoms with Crippen molar-refractivity contribution in [1.82, 2.24) is 19.6 Å². The largest absolute Gasteiger partial charge is 0.467 e. The molecule has 2 heterocycles. The number of aromatic nitrogens is 4. The Bertz CT molecular complexity index is 524. The van der Waals surface area contributed by atoms with Crippen LogP contribution < -0.4 is 4.74 Å². The topological polar surface area (TPSA) is 52.3 Å². The van der Waals surface area contributed by atoms with E-state index in [1.165, 1.54) is 0 Å². The first-order valence-corrected chi connectivity index (χ1v) is 5.20. The van der Waals surface area contributed by atoms with Crippen molar-refractivity contribution in [2.75, 3.05) is 7.11 Å². The summed E-state index contributed by atoms with van der Waals surface area (Å²) in [7, 11) is 1.58. The van der Waals surface area contributed by atoms with Crippen molar-refractivity contribution in [1.29, 1.82) is 0 Å². The van der Waals surface area contributed by atoms with E-state index in [9.17, 15) is 0 Å². The molecule has 0 bridgehead atoms. The van der Waals surface area contributed by atoms with Crippen LogP contribution in [-0.2, 0) is 5.41 Å². The molecular weight excluding hydrogens is 204 g/mol. The van der Waals surface area contributed by atoms with Gasteiger partial charge >= 0.3 is 6.01 Å². The smallest absolute Gasteiger partial charge is 0.319 e. The second-order valence-corrected chi connectivity index (χ2v) is 4.85. The first-order valence-electron chi connectivity index (χ1n) is 5.20. The molecule has 0 N–H and O–H groups in total. The van der Waals surface area contributed by atoms with Crippen LogP contribution in [0.15, 0.2) is 6.20 Å². The zero-order valence-electron chi connectivity index (χ0n) is 10.3. The summed E-state index contributed by atoms with van der Waals surface area (Å²) in [5.74, 6) is 0.793. The third-order valence-electron chi connectivity index (χ3n) is 2.36. The monoisotopic (exact) mass is 220 g/mol. The van der Waals surface area contributed by atoms with E-state index in [-0.39, 0.29) is 5.41 Å². The maximum absolute atomic E-state index is 5.16. The number of hydrogen-bond acceptors (Lipinski definition) is 4. The lowest BCUT2D eigenvalue weighted by Crippen LogP contribution is -2.13. The van der Waals surface area contributed by atoms with E-state index in [4.69, 9.17) is 4.74 Å². The molecule has 0 aliphatic rings. The van der Waals surface area contributed by atoms with Crippen LogP contribution in [0.4, 0.5) is 0 Å². The number of rotatable bonds is 1. The van der Waals surface area contributed by atoms with E-state index in [1.807, 2.05) is 6.92 Å². The zero-order valence-corrected chi connectivity index (χ0v) is 10.3. The van der Waals surface area contributed by atoms with Crippen molar-refractivity contribution < 1.29 is 4.74 Å². The fraction of sp³-hybridized carbons (Fsp3) is 0.545. The highest BCUT2D eigenvalue weighted by atomic mass is 16.5. The molecule has 0 fully saturated rings. The Morgan fingerprint density at radius 1 is 1.31 bits per heavy atom. The van der Waals surface area contributed by atoms with Crippen molar-refractivity contribution in [3.8, 4) is 6.01 Å². The normalized spacial score (nSPS) is 12.1. The predicted molar refractivity (Wildman–Crippen MR) is 60.8 cm³/mol. The van der Waals surface area contributed by atoms with Crippen molar-refractivity contribution in [3.05, 3.63) is 17.6 Å². The molecule has 5 nitrogen and oxygen atoms in total. The fourth-order valence-corrected chi connectivity index (χ4v) is 1.42. The Labute approximate surface area is 94.5 Å². The Morgan fingerprint density at radius 2 is 2.00 bits per heavy atom. The molecule has 16 heavy (non-hydrogen) atoms. The molecule has 0 spiro atoms. The summed E-state index contributed by atoms with van der Waals surface area (Å²) in [5.41, 5.74) is 1.71. The molecule has 2 aromatic heterocycles. The lowest BCUT2D eigenvalue weighted by atomic mass is 9.96. The first-order chi connectivity index (χ1) is 7.43. The fourth-order valence-electron chi connectivity index (χ4n) is 1.42. The number of fused-ring (bicyclic) bond motifs is 1. The number of methoxy groups -OCH3 is 1. The van der Waals surface area contributed by atoms with E-state index in [0.29, 0.717) is 6.01 Å². The van der Waals surface area contributed by atoms with E-state index >= 15 is 0 Å². The second-order valence-electron chi connectivity index (χ2n) is 4.85. The van der Waals surface area contributed by atoms with Crippen LogP contribution in [0.25, 0.3) is 5.65 Å². The van der Waals surface area contributed by atoms with Crippen LogP contribution in [0.2, 0.25) is 0 Å². The lowest BCUT2D eigenvalue weighted by molar-refractivity contribution is 0.365. The Kier molecular flexibility index (Phi) is 2.33. The quantitative estimate of drug-likeness (QED) is 0.734. The molecular formula is C11H16N4O. The molecule has 0 saturated carbocycles. The van der Waals surface area contributed by atoms with Gasteiger partial charge in [0.15, 0.2) is 11.5 Å². The van der Waals surface area contributed by atoms with Crippen LogP contribution in [0.5, 0.6) is 6.01 Å². The molecule has 0 aliphatic carbocycles. The van der Waals surface area contributed by atoms with Crippen molar-refractivity contribution in [3.63, 3.8) is 0 Å². The summed E-state index contributed by atoms with van der Waals surface area (Å²) in [6.07, 6.45) is 1.75. The highest BCUT2D eigenvalue weighted by Crippen LogP contribution is 2.21. The minimum absolute atomic E-state index is 0.0799. The Morgan fingerprint density at radius 3 is 2.56 bits per heavy atom. The average Bonchev–Trinajstić information content (AvgIpc) is 2.63. The van der Waals surface area contributed by atoms with Crippen LogP contribution >= 0.6 is 0 Å². The average molecular weight is 220 g/mol. The van der Waals surface area contributed by atoms with Gasteiger partial charge in [-0.1, -0.05) is 20.8 Å². The minimum atomic E-state index is -0.0799. The number of hydrogen-bond donors (Lipinski definition) is 0. The van der Waals surface area contributed by atoms with Gasteiger partial charge in [0.25, 0.3) is 0 Å². The van der Waals surface area contributed by atoms with Gasteiger partial charge in [-0.05, 0) is 6.92 Å². The lowest BCUT2D eigenvalue weighted by Gasteiger charge is -2.11. The van der Waals surface area contributed by atoms with E-state index in [0.717, 1.165) is 17.0 Å². The maximum atomic E-state index is 5.16. The van der Waals surface area contributed by atoms with Gasteiger partial charge in [0.2, 0.25) is 0 Å². The maximum Gasteiger partial charge on any atom is 0.319 e. The van der Waals surface area contributed by atoms with Gasteiger partial charge < -0.3 is 4.74 Å². The molecule has 0 aliphatic heterocycles. The molecule has 0 unspecified atom stereocenters. The van der Waals surface area contributed by atoms with Crippen LogP contribution in [0.1, 0.15) is 32.2 Å². The van der Waals surface area contributed by atoms with Crippen molar-refractivity contribution >= 4 is 5.65 Å². The third kappa shape index (κ3) is 1.62. The highest BCUT2D eigenvalue weighted by Gasteiger charge is 2.21. The third-order valence-corrected chi connectivity index (χ3v) is 2.36. The summed E-state index contributed by atoms with van der Waals surface area (Å²) in [6.45, 7) is 8.20. The zero-order chi connectivity index (χ0) is 11.9.